The van der Waals surface area contributed by atoms with Gasteiger partial charge < -0.3 is 0 Å². The fourth-order valence-electron chi connectivity index (χ4n) is 7.30. The number of nitro groups is 3. The van der Waals surface area contributed by atoms with Gasteiger partial charge in [-0.15, -0.1) is 0 Å². The maximum Gasteiger partial charge on any atom is 0.464 e. The molecule has 0 radical (unpaired) electrons. The Labute approximate surface area is 122 Å². The molecule has 0 saturated heterocycles. The van der Waals surface area contributed by atoms with E-state index in [0.717, 1.165) is 0 Å². The number of Topliss-reactive ketones (excluding diaryl/α,β-unsaturated/α-hetero) is 1. The molecule has 0 aliphatic heterocycles. The highest BCUT2D eigenvalue weighted by Gasteiger charge is 3.01. The number of hydrogen-bond acceptors (Lipinski definition) is 7. The van der Waals surface area contributed by atoms with Crippen LogP contribution in [0.2, 0.25) is 0 Å². The standard InChI is InChI=1S/C12H11N3O7/c16-10-3-1-4-7-8(3)11(13(17)18)6(10)2-5(9(7)11)12(4,14(19)20)15(21)22/h3-9H,1-2H2/t3-,4-,5-,6-,7-,8-,9+,11-/m1/s1. The maximum atomic E-state index is 12.5. The number of carbonyl (C=O) groups excluding carboxylic acids is 1. The van der Waals surface area contributed by atoms with Gasteiger partial charge in [0.25, 0.3) is 0 Å². The number of nitrogens with zero attached hydrogens (tertiary/aromatic N) is 3. The molecule has 0 N–H and O–H groups in total. The highest BCUT2D eigenvalue weighted by atomic mass is 16.7. The third-order valence-electron chi connectivity index (χ3n) is 7.49. The van der Waals surface area contributed by atoms with Gasteiger partial charge in [0, 0.05) is 16.8 Å². The van der Waals surface area contributed by atoms with Crippen LogP contribution in [0.4, 0.5) is 0 Å². The van der Waals surface area contributed by atoms with Crippen molar-refractivity contribution in [3.05, 3.63) is 30.3 Å². The SMILES string of the molecule is O=C1[C@H]2C[C@@H]3[C@H]4[C@H]5[C@@H]([C@H]1C[C@H]5C3([N+](=O)[O-])[N+](=O)[O-])[C@@]42[N+](=O)[O-]. The lowest BCUT2D eigenvalue weighted by molar-refractivity contribution is -0.813. The zero-order valence-corrected chi connectivity index (χ0v) is 11.2. The van der Waals surface area contributed by atoms with Gasteiger partial charge in [0.2, 0.25) is 5.54 Å². The number of rotatable bonds is 3. The van der Waals surface area contributed by atoms with E-state index in [0.29, 0.717) is 0 Å². The molecule has 0 amide bonds. The van der Waals surface area contributed by atoms with E-state index in [2.05, 4.69) is 0 Å². The largest absolute Gasteiger partial charge is 0.464 e. The second kappa shape index (κ2) is 2.99. The Morgan fingerprint density at radius 1 is 0.909 bits per heavy atom. The molecule has 8 atom stereocenters. The maximum absolute atomic E-state index is 12.5. The molecule has 0 aromatic heterocycles. The predicted molar refractivity (Wildman–Crippen MR) is 65.1 cm³/mol. The minimum absolute atomic E-state index is 0.0647. The topological polar surface area (TPSA) is 146 Å². The first-order valence-corrected chi connectivity index (χ1v) is 7.29. The van der Waals surface area contributed by atoms with Crippen molar-refractivity contribution in [2.45, 2.75) is 24.0 Å². The average Bonchev–Trinajstić information content (AvgIpc) is 2.96. The molecule has 116 valence electrons. The monoisotopic (exact) mass is 309 g/mol. The van der Waals surface area contributed by atoms with Gasteiger partial charge in [-0.3, -0.25) is 35.1 Å². The van der Waals surface area contributed by atoms with Crippen LogP contribution in [0.1, 0.15) is 12.8 Å². The summed E-state index contributed by atoms with van der Waals surface area (Å²) in [5, 5.41) is 35.0. The van der Waals surface area contributed by atoms with Crippen LogP contribution < -0.4 is 0 Å². The van der Waals surface area contributed by atoms with Gasteiger partial charge in [-0.25, -0.2) is 0 Å². The summed E-state index contributed by atoms with van der Waals surface area (Å²) in [6.45, 7) is 0. The Balaban J connectivity index is 1.80. The lowest BCUT2D eigenvalue weighted by atomic mass is 9.54. The van der Waals surface area contributed by atoms with Crippen LogP contribution in [0, 0.1) is 71.8 Å². The first-order chi connectivity index (χ1) is 10.3. The summed E-state index contributed by atoms with van der Waals surface area (Å²) in [6.07, 6.45) is -0.0122. The first-order valence-electron chi connectivity index (χ1n) is 7.29. The van der Waals surface area contributed by atoms with Crippen molar-refractivity contribution in [1.29, 1.82) is 0 Å². The minimum Gasteiger partial charge on any atom is -0.299 e. The summed E-state index contributed by atoms with van der Waals surface area (Å²) < 4.78 is 0. The number of ketones is 1. The van der Waals surface area contributed by atoms with Crippen LogP contribution in [0.3, 0.4) is 0 Å². The Hall–Kier alpha value is -2.13. The van der Waals surface area contributed by atoms with Gasteiger partial charge in [-0.2, -0.15) is 0 Å². The van der Waals surface area contributed by atoms with E-state index >= 15 is 0 Å². The smallest absolute Gasteiger partial charge is 0.299 e. The van der Waals surface area contributed by atoms with Gasteiger partial charge in [0.05, 0.1) is 21.7 Å². The van der Waals surface area contributed by atoms with Crippen molar-refractivity contribution < 1.29 is 19.6 Å². The lowest BCUT2D eigenvalue weighted by Gasteiger charge is -2.46. The van der Waals surface area contributed by atoms with Crippen LogP contribution in [-0.4, -0.2) is 31.8 Å². The highest BCUT2D eigenvalue weighted by Crippen LogP contribution is 2.83. The van der Waals surface area contributed by atoms with Crippen molar-refractivity contribution in [3.63, 3.8) is 0 Å². The van der Waals surface area contributed by atoms with Crippen LogP contribution >= 0.6 is 0 Å². The summed E-state index contributed by atoms with van der Waals surface area (Å²) in [5.74, 6) is -5.11. The molecule has 0 bridgehead atoms. The molecule has 0 aromatic carbocycles. The normalized spacial score (nSPS) is 54.4. The van der Waals surface area contributed by atoms with E-state index in [1.807, 2.05) is 0 Å². The van der Waals surface area contributed by atoms with Gasteiger partial charge >= 0.3 is 5.66 Å². The lowest BCUT2D eigenvalue weighted by Crippen LogP contribution is -2.64. The van der Waals surface area contributed by atoms with E-state index < -0.39 is 67.4 Å². The third kappa shape index (κ3) is 0.759. The molecule has 5 rings (SSSR count). The van der Waals surface area contributed by atoms with Crippen molar-refractivity contribution in [3.8, 4) is 0 Å². The molecule has 0 heterocycles. The zero-order valence-electron chi connectivity index (χ0n) is 11.2. The molecule has 5 saturated carbocycles. The summed E-state index contributed by atoms with van der Waals surface area (Å²) in [7, 11) is 0. The molecule has 0 unspecified atom stereocenters. The number of hydrogen-bond donors (Lipinski definition) is 0. The second-order valence-electron chi connectivity index (χ2n) is 7.32. The number of carbonyl (C=O) groups is 1. The average molecular weight is 309 g/mol. The highest BCUT2D eigenvalue weighted by molar-refractivity contribution is 5.90. The summed E-state index contributed by atoms with van der Waals surface area (Å²) >= 11 is 0. The fraction of sp³-hybridized carbons (Fsp3) is 0.917. The van der Waals surface area contributed by atoms with E-state index in [1.165, 1.54) is 0 Å². The Morgan fingerprint density at radius 3 is 2.09 bits per heavy atom. The van der Waals surface area contributed by atoms with Gasteiger partial charge in [-0.05, 0) is 18.8 Å². The predicted octanol–water partition coefficient (Wildman–Crippen LogP) is -0.0177. The van der Waals surface area contributed by atoms with E-state index in [-0.39, 0.29) is 18.6 Å². The van der Waals surface area contributed by atoms with Crippen molar-refractivity contribution in [2.75, 3.05) is 0 Å². The molecular formula is C12H11N3O7. The van der Waals surface area contributed by atoms with E-state index in [4.69, 9.17) is 0 Å². The van der Waals surface area contributed by atoms with Crippen molar-refractivity contribution in [2.24, 2.45) is 41.4 Å². The quantitative estimate of drug-likeness (QED) is 0.404. The van der Waals surface area contributed by atoms with E-state index in [1.54, 1.807) is 0 Å². The van der Waals surface area contributed by atoms with Crippen molar-refractivity contribution in [1.82, 2.24) is 0 Å². The molecule has 10 nitrogen and oxygen atoms in total. The molecule has 0 aromatic rings. The molecule has 10 heteroatoms. The molecule has 22 heavy (non-hydrogen) atoms. The van der Waals surface area contributed by atoms with Gasteiger partial charge in [0.1, 0.15) is 17.6 Å². The van der Waals surface area contributed by atoms with Gasteiger partial charge in [0.15, 0.2) is 0 Å². The van der Waals surface area contributed by atoms with E-state index in [9.17, 15) is 35.1 Å². The fourth-order valence-corrected chi connectivity index (χ4v) is 7.30. The molecular weight excluding hydrogens is 298 g/mol. The summed E-state index contributed by atoms with van der Waals surface area (Å²) in [6, 6.07) is 0. The molecule has 5 fully saturated rings. The zero-order chi connectivity index (χ0) is 15.8. The second-order valence-corrected chi connectivity index (χ2v) is 7.32. The Kier molecular flexibility index (Phi) is 1.69. The summed E-state index contributed by atoms with van der Waals surface area (Å²) in [5.41, 5.74) is -3.80. The Morgan fingerprint density at radius 2 is 1.55 bits per heavy atom. The molecule has 5 aliphatic carbocycles. The third-order valence-corrected chi connectivity index (χ3v) is 7.49. The van der Waals surface area contributed by atoms with Crippen LogP contribution in [-0.2, 0) is 4.79 Å². The minimum atomic E-state index is -2.34. The van der Waals surface area contributed by atoms with Crippen LogP contribution in [0.5, 0.6) is 0 Å². The van der Waals surface area contributed by atoms with Crippen LogP contribution in [0.15, 0.2) is 0 Å². The van der Waals surface area contributed by atoms with Gasteiger partial charge in [-0.1, -0.05) is 0 Å². The van der Waals surface area contributed by atoms with Crippen LogP contribution in [0.25, 0.3) is 0 Å². The van der Waals surface area contributed by atoms with Crippen molar-refractivity contribution >= 4 is 5.78 Å². The first kappa shape index (κ1) is 12.4. The molecule has 0 spiro atoms. The molecule has 5 aliphatic rings. The summed E-state index contributed by atoms with van der Waals surface area (Å²) in [4.78, 5) is 45.4. The Bertz CT molecular complexity index is 693.